The van der Waals surface area contributed by atoms with Crippen molar-refractivity contribution in [2.45, 2.75) is 24.5 Å². The number of hydrogen-bond acceptors (Lipinski definition) is 5. The Morgan fingerprint density at radius 3 is 2.59 bits per heavy atom. The lowest BCUT2D eigenvalue weighted by molar-refractivity contribution is -0.137. The summed E-state index contributed by atoms with van der Waals surface area (Å²) in [6.07, 6.45) is 3.24. The Morgan fingerprint density at radius 2 is 1.88 bits per heavy atom. The summed E-state index contributed by atoms with van der Waals surface area (Å²) in [7, 11) is 1.65. The van der Waals surface area contributed by atoms with E-state index < -0.39 is 0 Å². The molecule has 6 heteroatoms. The Labute approximate surface area is 202 Å². The number of hydrogen-bond donors (Lipinski definition) is 1. The Bertz CT molecular complexity index is 1100. The smallest absolute Gasteiger partial charge is 0.330 e. The first kappa shape index (κ1) is 24.0. The highest BCUT2D eigenvalue weighted by Gasteiger charge is 2.10. The van der Waals surface area contributed by atoms with Crippen molar-refractivity contribution in [1.29, 1.82) is 0 Å². The average molecular weight is 512 g/mol. The number of benzene rings is 3. The van der Waals surface area contributed by atoms with E-state index in [-0.39, 0.29) is 5.97 Å². The van der Waals surface area contributed by atoms with Crippen LogP contribution in [-0.2, 0) is 15.3 Å². The molecule has 0 radical (unpaired) electrons. The van der Waals surface area contributed by atoms with Crippen LogP contribution in [0.15, 0.2) is 76.1 Å². The Hall–Kier alpha value is -2.70. The maximum absolute atomic E-state index is 11.9. The van der Waals surface area contributed by atoms with Crippen LogP contribution in [0, 0.1) is 6.92 Å². The number of rotatable bonds is 9. The average Bonchev–Trinajstić information content (AvgIpc) is 2.80. The van der Waals surface area contributed by atoms with Crippen LogP contribution in [0.25, 0.3) is 6.08 Å². The van der Waals surface area contributed by atoms with Crippen molar-refractivity contribution in [3.8, 4) is 5.75 Å². The van der Waals surface area contributed by atoms with E-state index in [1.165, 1.54) is 11.6 Å². The van der Waals surface area contributed by atoms with Crippen LogP contribution in [0.5, 0.6) is 5.75 Å². The lowest BCUT2D eigenvalue weighted by Crippen LogP contribution is -2.00. The summed E-state index contributed by atoms with van der Waals surface area (Å²) in [5.41, 5.74) is 4.96. The first-order valence-corrected chi connectivity index (χ1v) is 12.0. The van der Waals surface area contributed by atoms with Gasteiger partial charge in [-0.05, 0) is 66.9 Å². The SMILES string of the molecule is CCOC(=O)/C=C/c1cc(SCc2ccccc2)ccc1Nc1cc(C)c(Br)cc1OC. The highest BCUT2D eigenvalue weighted by Crippen LogP contribution is 2.35. The van der Waals surface area contributed by atoms with E-state index in [1.807, 2.05) is 43.3 Å². The number of methoxy groups -OCH3 is 1. The van der Waals surface area contributed by atoms with Gasteiger partial charge in [0.25, 0.3) is 0 Å². The number of ether oxygens (including phenoxy) is 2. The Balaban J connectivity index is 1.90. The second-order valence-corrected chi connectivity index (χ2v) is 8.94. The van der Waals surface area contributed by atoms with Gasteiger partial charge in [-0.2, -0.15) is 0 Å². The molecule has 0 fully saturated rings. The molecule has 3 rings (SSSR count). The van der Waals surface area contributed by atoms with Crippen LogP contribution >= 0.6 is 27.7 Å². The van der Waals surface area contributed by atoms with Crippen molar-refractivity contribution < 1.29 is 14.3 Å². The molecule has 3 aromatic carbocycles. The third-order valence-corrected chi connectivity index (χ3v) is 6.63. The standard InChI is InChI=1S/C26H26BrNO3S/c1-4-31-26(29)13-10-20-15-21(32-17-19-8-6-5-7-9-19)11-12-23(20)28-24-14-18(2)22(27)16-25(24)30-3/h5-16,28H,4,17H2,1-3H3/b13-10+. The third kappa shape index (κ3) is 6.65. The number of carbonyl (C=O) groups is 1. The molecule has 0 aliphatic rings. The molecule has 3 aromatic rings. The summed E-state index contributed by atoms with van der Waals surface area (Å²) >= 11 is 5.30. The van der Waals surface area contributed by atoms with E-state index in [2.05, 4.69) is 45.5 Å². The highest BCUT2D eigenvalue weighted by atomic mass is 79.9. The van der Waals surface area contributed by atoms with Crippen LogP contribution in [0.2, 0.25) is 0 Å². The van der Waals surface area contributed by atoms with Crippen molar-refractivity contribution in [3.05, 3.63) is 87.9 Å². The van der Waals surface area contributed by atoms with E-state index in [9.17, 15) is 4.79 Å². The van der Waals surface area contributed by atoms with Gasteiger partial charge >= 0.3 is 5.97 Å². The number of anilines is 2. The van der Waals surface area contributed by atoms with E-state index in [4.69, 9.17) is 9.47 Å². The van der Waals surface area contributed by atoms with Gasteiger partial charge in [-0.1, -0.05) is 46.3 Å². The minimum absolute atomic E-state index is 0.344. The van der Waals surface area contributed by atoms with E-state index in [0.29, 0.717) is 6.61 Å². The first-order chi connectivity index (χ1) is 15.5. The molecular formula is C26H26BrNO3S. The molecule has 0 saturated heterocycles. The molecule has 0 saturated carbocycles. The third-order valence-electron chi connectivity index (χ3n) is 4.71. The maximum atomic E-state index is 11.9. The van der Waals surface area contributed by atoms with Gasteiger partial charge in [-0.15, -0.1) is 11.8 Å². The molecule has 166 valence electrons. The van der Waals surface area contributed by atoms with Crippen LogP contribution < -0.4 is 10.1 Å². The number of esters is 1. The lowest BCUT2D eigenvalue weighted by Gasteiger charge is -2.16. The molecule has 0 atom stereocenters. The van der Waals surface area contributed by atoms with Crippen molar-refractivity contribution in [2.24, 2.45) is 0 Å². The minimum atomic E-state index is -0.363. The normalized spacial score (nSPS) is 10.9. The second-order valence-electron chi connectivity index (χ2n) is 7.04. The van der Waals surface area contributed by atoms with Gasteiger partial charge in [-0.25, -0.2) is 4.79 Å². The van der Waals surface area contributed by atoms with E-state index in [1.54, 1.807) is 31.9 Å². The monoisotopic (exact) mass is 511 g/mol. The number of aryl methyl sites for hydroxylation is 1. The Kier molecular flexibility index (Phi) is 8.82. The van der Waals surface area contributed by atoms with Gasteiger partial charge in [-0.3, -0.25) is 0 Å². The molecule has 0 bridgehead atoms. The largest absolute Gasteiger partial charge is 0.495 e. The van der Waals surface area contributed by atoms with Crippen molar-refractivity contribution >= 4 is 51.1 Å². The predicted octanol–water partition coefficient (Wildman–Crippen LogP) is 7.38. The van der Waals surface area contributed by atoms with Crippen molar-refractivity contribution in [3.63, 3.8) is 0 Å². The summed E-state index contributed by atoms with van der Waals surface area (Å²) in [5.74, 6) is 1.23. The van der Waals surface area contributed by atoms with Crippen LogP contribution in [0.1, 0.15) is 23.6 Å². The van der Waals surface area contributed by atoms with E-state index >= 15 is 0 Å². The summed E-state index contributed by atoms with van der Waals surface area (Å²) < 4.78 is 11.6. The predicted molar refractivity (Wildman–Crippen MR) is 137 cm³/mol. The summed E-state index contributed by atoms with van der Waals surface area (Å²) in [6.45, 7) is 4.16. The minimum Gasteiger partial charge on any atom is -0.495 e. The Morgan fingerprint density at radius 1 is 1.09 bits per heavy atom. The number of halogens is 1. The molecule has 4 nitrogen and oxygen atoms in total. The van der Waals surface area contributed by atoms with Crippen LogP contribution in [0.3, 0.4) is 0 Å². The molecule has 0 unspecified atom stereocenters. The first-order valence-electron chi connectivity index (χ1n) is 10.3. The van der Waals surface area contributed by atoms with Crippen molar-refractivity contribution in [1.82, 2.24) is 0 Å². The molecule has 1 N–H and O–H groups in total. The fourth-order valence-corrected chi connectivity index (χ4v) is 4.27. The zero-order chi connectivity index (χ0) is 22.9. The molecule has 0 heterocycles. The molecule has 32 heavy (non-hydrogen) atoms. The van der Waals surface area contributed by atoms with Crippen LogP contribution in [0.4, 0.5) is 11.4 Å². The van der Waals surface area contributed by atoms with Gasteiger partial charge in [0.15, 0.2) is 0 Å². The summed E-state index contributed by atoms with van der Waals surface area (Å²) in [5, 5.41) is 3.46. The van der Waals surface area contributed by atoms with Gasteiger partial charge in [0.05, 0.1) is 19.4 Å². The molecular weight excluding hydrogens is 486 g/mol. The van der Waals surface area contributed by atoms with Gasteiger partial charge < -0.3 is 14.8 Å². The molecule has 0 aliphatic heterocycles. The zero-order valence-electron chi connectivity index (χ0n) is 18.4. The van der Waals surface area contributed by atoms with E-state index in [0.717, 1.165) is 43.4 Å². The zero-order valence-corrected chi connectivity index (χ0v) is 20.8. The van der Waals surface area contributed by atoms with Gasteiger partial charge in [0.2, 0.25) is 0 Å². The second kappa shape index (κ2) is 11.8. The highest BCUT2D eigenvalue weighted by molar-refractivity contribution is 9.10. The fourth-order valence-electron chi connectivity index (χ4n) is 3.05. The number of thioether (sulfide) groups is 1. The molecule has 0 aromatic heterocycles. The van der Waals surface area contributed by atoms with Crippen molar-refractivity contribution in [2.75, 3.05) is 19.0 Å². The van der Waals surface area contributed by atoms with Gasteiger partial charge in [0, 0.05) is 26.9 Å². The molecule has 0 spiro atoms. The summed E-state index contributed by atoms with van der Waals surface area (Å²) in [6, 6.07) is 20.5. The number of carbonyl (C=O) groups excluding carboxylic acids is 1. The fraction of sp³-hybridized carbons (Fsp3) is 0.192. The molecule has 0 aliphatic carbocycles. The quantitative estimate of drug-likeness (QED) is 0.184. The van der Waals surface area contributed by atoms with Gasteiger partial charge in [0.1, 0.15) is 5.75 Å². The molecule has 0 amide bonds. The summed E-state index contributed by atoms with van der Waals surface area (Å²) in [4.78, 5) is 13.0. The topological polar surface area (TPSA) is 47.6 Å². The lowest BCUT2D eigenvalue weighted by atomic mass is 10.1. The number of nitrogens with one attached hydrogen (secondary N) is 1. The van der Waals surface area contributed by atoms with Crippen LogP contribution in [-0.4, -0.2) is 19.7 Å². The maximum Gasteiger partial charge on any atom is 0.330 e.